The van der Waals surface area contributed by atoms with Crippen LogP contribution in [-0.2, 0) is 21.7 Å². The van der Waals surface area contributed by atoms with Crippen molar-refractivity contribution in [3.63, 3.8) is 0 Å². The molecule has 0 fully saturated rings. The fourth-order valence-electron chi connectivity index (χ4n) is 7.19. The van der Waals surface area contributed by atoms with E-state index >= 15 is 0 Å². The van der Waals surface area contributed by atoms with E-state index in [-0.39, 0.29) is 21.7 Å². The Bertz CT molecular complexity index is 1930. The first-order valence-electron chi connectivity index (χ1n) is 17.3. The van der Waals surface area contributed by atoms with Crippen molar-refractivity contribution in [2.75, 3.05) is 16.8 Å². The van der Waals surface area contributed by atoms with Crippen LogP contribution in [0, 0.1) is 6.92 Å². The maximum absolute atomic E-state index is 2.47. The van der Waals surface area contributed by atoms with Gasteiger partial charge in [-0.1, -0.05) is 93.5 Å². The predicted molar refractivity (Wildman–Crippen MR) is 208 cm³/mol. The Balaban J connectivity index is 1.50. The second-order valence-corrected chi connectivity index (χ2v) is 18.2. The van der Waals surface area contributed by atoms with Gasteiger partial charge < -0.3 is 9.80 Å². The summed E-state index contributed by atoms with van der Waals surface area (Å²) >= 11 is 1.83. The third kappa shape index (κ3) is 6.36. The zero-order chi connectivity index (χ0) is 34.1. The highest BCUT2D eigenvalue weighted by molar-refractivity contribution is 7.17. The van der Waals surface area contributed by atoms with Crippen LogP contribution in [0.15, 0.2) is 84.2 Å². The Kier molecular flexibility index (Phi) is 8.19. The SMILES string of the molecule is Cc1cc(N(C)c2ccc3c(c2)C(C)(C)CCC3(C)C)cc(N(c2ccc(C(C)(C)C)cc2)c2csc3ccc(C(C)(C)C)cc23)c1. The van der Waals surface area contributed by atoms with Crippen LogP contribution in [0.4, 0.5) is 28.4 Å². The van der Waals surface area contributed by atoms with E-state index in [1.807, 2.05) is 11.3 Å². The van der Waals surface area contributed by atoms with E-state index in [4.69, 9.17) is 0 Å². The summed E-state index contributed by atoms with van der Waals surface area (Å²) in [6.45, 7) is 25.6. The van der Waals surface area contributed by atoms with Gasteiger partial charge in [-0.3, -0.25) is 0 Å². The molecule has 1 heterocycles. The third-order valence-corrected chi connectivity index (χ3v) is 11.5. The summed E-state index contributed by atoms with van der Waals surface area (Å²) in [5, 5.41) is 3.65. The molecule has 0 saturated carbocycles. The van der Waals surface area contributed by atoms with Crippen LogP contribution >= 0.6 is 11.3 Å². The van der Waals surface area contributed by atoms with Crippen molar-refractivity contribution >= 4 is 49.9 Å². The number of anilines is 5. The van der Waals surface area contributed by atoms with Crippen molar-refractivity contribution in [3.8, 4) is 0 Å². The van der Waals surface area contributed by atoms with Crippen molar-refractivity contribution in [2.45, 2.75) is 111 Å². The monoisotopic (exact) mass is 642 g/mol. The van der Waals surface area contributed by atoms with Crippen LogP contribution < -0.4 is 9.80 Å². The van der Waals surface area contributed by atoms with E-state index in [1.165, 1.54) is 79.2 Å². The lowest BCUT2D eigenvalue weighted by molar-refractivity contribution is 0.332. The van der Waals surface area contributed by atoms with Gasteiger partial charge in [-0.25, -0.2) is 0 Å². The van der Waals surface area contributed by atoms with Gasteiger partial charge in [-0.2, -0.15) is 0 Å². The Morgan fingerprint density at radius 3 is 1.81 bits per heavy atom. The van der Waals surface area contributed by atoms with E-state index in [9.17, 15) is 0 Å². The van der Waals surface area contributed by atoms with E-state index < -0.39 is 0 Å². The molecule has 1 aliphatic carbocycles. The van der Waals surface area contributed by atoms with E-state index in [2.05, 4.69) is 177 Å². The summed E-state index contributed by atoms with van der Waals surface area (Å²) in [6, 6.07) is 30.4. The van der Waals surface area contributed by atoms with Gasteiger partial charge >= 0.3 is 0 Å². The van der Waals surface area contributed by atoms with Crippen LogP contribution in [0.3, 0.4) is 0 Å². The molecular formula is C44H54N2S. The quantitative estimate of drug-likeness (QED) is 0.188. The van der Waals surface area contributed by atoms with Crippen molar-refractivity contribution < 1.29 is 0 Å². The van der Waals surface area contributed by atoms with Crippen LogP contribution in [0.25, 0.3) is 10.1 Å². The molecule has 2 nitrogen and oxygen atoms in total. The molecule has 5 aromatic rings. The molecule has 3 heteroatoms. The Hall–Kier alpha value is -3.56. The summed E-state index contributed by atoms with van der Waals surface area (Å²) in [5.41, 5.74) is 13.5. The predicted octanol–water partition coefficient (Wildman–Crippen LogP) is 13.4. The number of benzene rings is 4. The largest absolute Gasteiger partial charge is 0.345 e. The van der Waals surface area contributed by atoms with Gasteiger partial charge in [0.1, 0.15) is 0 Å². The molecule has 4 aromatic carbocycles. The molecule has 6 rings (SSSR count). The number of nitrogens with zero attached hydrogens (tertiary/aromatic N) is 2. The molecule has 1 aliphatic rings. The normalized spacial score (nSPS) is 15.8. The van der Waals surface area contributed by atoms with Crippen LogP contribution in [0.2, 0.25) is 0 Å². The van der Waals surface area contributed by atoms with E-state index in [1.54, 1.807) is 0 Å². The number of hydrogen-bond acceptors (Lipinski definition) is 3. The van der Waals surface area contributed by atoms with Crippen LogP contribution in [-0.4, -0.2) is 7.05 Å². The molecule has 0 aliphatic heterocycles. The van der Waals surface area contributed by atoms with Gasteiger partial charge in [0.25, 0.3) is 0 Å². The van der Waals surface area contributed by atoms with Gasteiger partial charge in [0, 0.05) is 45.3 Å². The van der Waals surface area contributed by atoms with Gasteiger partial charge in [0.2, 0.25) is 0 Å². The first-order valence-corrected chi connectivity index (χ1v) is 18.2. The second kappa shape index (κ2) is 11.5. The lowest BCUT2D eigenvalue weighted by Gasteiger charge is -2.42. The van der Waals surface area contributed by atoms with Crippen LogP contribution in [0.5, 0.6) is 0 Å². The fraction of sp³-hybridized carbons (Fsp3) is 0.409. The molecule has 246 valence electrons. The van der Waals surface area contributed by atoms with E-state index in [0.717, 1.165) is 0 Å². The smallest absolute Gasteiger partial charge is 0.0647 e. The van der Waals surface area contributed by atoms with Gasteiger partial charge in [-0.05, 0) is 124 Å². The maximum Gasteiger partial charge on any atom is 0.0647 e. The van der Waals surface area contributed by atoms with E-state index in [0.29, 0.717) is 0 Å². The minimum Gasteiger partial charge on any atom is -0.345 e. The lowest BCUT2D eigenvalue weighted by atomic mass is 9.63. The van der Waals surface area contributed by atoms with Crippen LogP contribution in [0.1, 0.15) is 110 Å². The van der Waals surface area contributed by atoms with Gasteiger partial charge in [0.05, 0.1) is 5.69 Å². The summed E-state index contributed by atoms with van der Waals surface area (Å²) in [7, 11) is 2.22. The number of thiophene rings is 1. The molecule has 0 saturated heterocycles. The van der Waals surface area contributed by atoms with Crippen molar-refractivity contribution in [3.05, 3.63) is 112 Å². The molecule has 0 spiro atoms. The molecule has 0 amide bonds. The number of rotatable bonds is 5. The van der Waals surface area contributed by atoms with Crippen molar-refractivity contribution in [1.82, 2.24) is 0 Å². The van der Waals surface area contributed by atoms with Crippen molar-refractivity contribution in [1.29, 1.82) is 0 Å². The Labute approximate surface area is 288 Å². The maximum atomic E-state index is 2.47. The standard InChI is InChI=1S/C44H54N2S/c1-29-23-34(45(12)33-18-19-37-38(27-33)44(10,11)22-21-43(37,8)9)26-35(24-29)46(32-16-13-30(14-17-32)41(2,3)4)39-28-47-40-20-15-31(25-36(39)40)42(5,6)7/h13-20,23-28H,21-22H2,1-12H3. The van der Waals surface area contributed by atoms with Crippen molar-refractivity contribution in [2.24, 2.45) is 0 Å². The topological polar surface area (TPSA) is 6.48 Å². The number of aryl methyl sites for hydroxylation is 1. The Morgan fingerprint density at radius 2 is 1.17 bits per heavy atom. The minimum atomic E-state index is 0.0739. The first-order chi connectivity index (χ1) is 21.8. The van der Waals surface area contributed by atoms with Gasteiger partial charge in [0.15, 0.2) is 0 Å². The minimum absolute atomic E-state index is 0.0739. The molecule has 0 radical (unpaired) electrons. The molecule has 0 N–H and O–H groups in total. The molecule has 0 bridgehead atoms. The fourth-order valence-corrected chi connectivity index (χ4v) is 8.10. The zero-order valence-corrected chi connectivity index (χ0v) is 31.6. The summed E-state index contributed by atoms with van der Waals surface area (Å²) in [5.74, 6) is 0. The van der Waals surface area contributed by atoms with Gasteiger partial charge in [-0.15, -0.1) is 11.3 Å². The third-order valence-electron chi connectivity index (χ3n) is 10.6. The number of fused-ring (bicyclic) bond motifs is 2. The molecule has 47 heavy (non-hydrogen) atoms. The summed E-state index contributed by atoms with van der Waals surface area (Å²) in [6.07, 6.45) is 2.44. The molecular weight excluding hydrogens is 589 g/mol. The highest BCUT2D eigenvalue weighted by atomic mass is 32.1. The highest BCUT2D eigenvalue weighted by Crippen LogP contribution is 2.48. The summed E-state index contributed by atoms with van der Waals surface area (Å²) < 4.78 is 1.31. The zero-order valence-electron chi connectivity index (χ0n) is 30.8. The average molecular weight is 643 g/mol. The highest BCUT2D eigenvalue weighted by Gasteiger charge is 2.37. The second-order valence-electron chi connectivity index (χ2n) is 17.3. The average Bonchev–Trinajstić information content (AvgIpc) is 3.41. The molecule has 0 unspecified atom stereocenters. The molecule has 1 aromatic heterocycles. The Morgan fingerprint density at radius 1 is 0.596 bits per heavy atom. The number of hydrogen-bond donors (Lipinski definition) is 0. The molecule has 0 atom stereocenters. The first kappa shape index (κ1) is 33.3. The lowest BCUT2D eigenvalue weighted by Crippen LogP contribution is -2.34. The summed E-state index contributed by atoms with van der Waals surface area (Å²) in [4.78, 5) is 4.85.